The van der Waals surface area contributed by atoms with Crippen LogP contribution in [0.4, 0.5) is 5.82 Å². The van der Waals surface area contributed by atoms with Crippen LogP contribution in [-0.2, 0) is 4.79 Å². The first kappa shape index (κ1) is 17.6. The van der Waals surface area contributed by atoms with E-state index < -0.39 is 0 Å². The smallest absolute Gasteiger partial charge is 0.242 e. The van der Waals surface area contributed by atoms with Crippen LogP contribution in [0.2, 0.25) is 0 Å². The molecule has 0 radical (unpaired) electrons. The Morgan fingerprint density at radius 3 is 2.61 bits per heavy atom. The summed E-state index contributed by atoms with van der Waals surface area (Å²) in [6, 6.07) is 12.4. The van der Waals surface area contributed by atoms with Gasteiger partial charge >= 0.3 is 0 Å². The lowest BCUT2D eigenvalue weighted by molar-refractivity contribution is -0.127. The number of amides is 1. The third-order valence-electron chi connectivity index (χ3n) is 5.51. The molecule has 2 aliphatic rings. The second-order valence-electron chi connectivity index (χ2n) is 7.46. The molecule has 1 saturated heterocycles. The Balaban J connectivity index is 1.34. The van der Waals surface area contributed by atoms with E-state index in [9.17, 15) is 4.79 Å². The number of carbonyl (C=O) groups excluding carboxylic acids is 1. The molecule has 3 heterocycles. The number of aromatic nitrogens is 2. The Morgan fingerprint density at radius 2 is 1.86 bits per heavy atom. The van der Waals surface area contributed by atoms with E-state index in [1.807, 2.05) is 18.2 Å². The summed E-state index contributed by atoms with van der Waals surface area (Å²) < 4.78 is 0. The first-order valence-electron chi connectivity index (χ1n) is 9.82. The number of nitrogens with one attached hydrogen (secondary N) is 1. The van der Waals surface area contributed by atoms with Gasteiger partial charge in [-0.3, -0.25) is 9.69 Å². The number of nitrogens with zero attached hydrogens (tertiary/aromatic N) is 4. The van der Waals surface area contributed by atoms with Gasteiger partial charge in [-0.05, 0) is 29.9 Å². The second-order valence-corrected chi connectivity index (χ2v) is 8.35. The van der Waals surface area contributed by atoms with Gasteiger partial charge in [0, 0.05) is 32.2 Å². The number of anilines is 1. The van der Waals surface area contributed by atoms with Gasteiger partial charge in [0.1, 0.15) is 23.0 Å². The van der Waals surface area contributed by atoms with Crippen molar-refractivity contribution in [2.75, 3.05) is 31.1 Å². The molecule has 2 fully saturated rings. The number of thiophene rings is 1. The number of hydrogen-bond acceptors (Lipinski definition) is 6. The van der Waals surface area contributed by atoms with Gasteiger partial charge in [0.05, 0.1) is 5.39 Å². The fourth-order valence-electron chi connectivity index (χ4n) is 3.89. The zero-order chi connectivity index (χ0) is 18.9. The topological polar surface area (TPSA) is 61.4 Å². The highest BCUT2D eigenvalue weighted by molar-refractivity contribution is 7.16. The number of carbonyl (C=O) groups is 1. The molecular formula is C21H23N5OS. The zero-order valence-corrected chi connectivity index (χ0v) is 16.4. The SMILES string of the molecule is O=C(NC1CC1)C(c1ccccc1)N1CCN(c2ncnc3sccc23)CC1. The zero-order valence-electron chi connectivity index (χ0n) is 15.6. The molecule has 1 aliphatic carbocycles. The van der Waals surface area contributed by atoms with Crippen LogP contribution in [0.25, 0.3) is 10.2 Å². The fourth-order valence-corrected chi connectivity index (χ4v) is 4.62. The lowest BCUT2D eigenvalue weighted by Crippen LogP contribution is -2.51. The Hall–Kier alpha value is -2.51. The monoisotopic (exact) mass is 393 g/mol. The van der Waals surface area contributed by atoms with Crippen molar-refractivity contribution in [3.63, 3.8) is 0 Å². The quantitative estimate of drug-likeness (QED) is 0.722. The maximum absolute atomic E-state index is 13.0. The molecule has 28 heavy (non-hydrogen) atoms. The molecule has 6 nitrogen and oxygen atoms in total. The largest absolute Gasteiger partial charge is 0.353 e. The van der Waals surface area contributed by atoms with Gasteiger partial charge in [0.15, 0.2) is 0 Å². The molecule has 7 heteroatoms. The summed E-state index contributed by atoms with van der Waals surface area (Å²) in [6.45, 7) is 3.35. The number of piperazine rings is 1. The van der Waals surface area contributed by atoms with Crippen LogP contribution < -0.4 is 10.2 Å². The van der Waals surface area contributed by atoms with E-state index in [4.69, 9.17) is 0 Å². The van der Waals surface area contributed by atoms with E-state index in [1.165, 1.54) is 0 Å². The van der Waals surface area contributed by atoms with E-state index in [2.05, 4.69) is 48.7 Å². The van der Waals surface area contributed by atoms with Crippen molar-refractivity contribution in [2.24, 2.45) is 0 Å². The first-order chi connectivity index (χ1) is 13.8. The second kappa shape index (κ2) is 7.48. The summed E-state index contributed by atoms with van der Waals surface area (Å²) in [5.74, 6) is 1.13. The highest BCUT2D eigenvalue weighted by Crippen LogP contribution is 2.30. The summed E-state index contributed by atoms with van der Waals surface area (Å²) in [5, 5.41) is 6.38. The van der Waals surface area contributed by atoms with Crippen LogP contribution >= 0.6 is 11.3 Å². The molecule has 1 amide bonds. The molecular weight excluding hydrogens is 370 g/mol. The van der Waals surface area contributed by atoms with Crippen molar-refractivity contribution in [3.05, 3.63) is 53.7 Å². The van der Waals surface area contributed by atoms with Gasteiger partial charge in [0.25, 0.3) is 0 Å². The van der Waals surface area contributed by atoms with Gasteiger partial charge in [-0.1, -0.05) is 30.3 Å². The van der Waals surface area contributed by atoms with Crippen molar-refractivity contribution in [1.29, 1.82) is 0 Å². The van der Waals surface area contributed by atoms with Crippen LogP contribution in [0, 0.1) is 0 Å². The Kier molecular flexibility index (Phi) is 4.70. The van der Waals surface area contributed by atoms with Gasteiger partial charge in [-0.2, -0.15) is 0 Å². The van der Waals surface area contributed by atoms with Crippen LogP contribution in [0.5, 0.6) is 0 Å². The molecule has 5 rings (SSSR count). The first-order valence-corrected chi connectivity index (χ1v) is 10.7. The number of rotatable bonds is 5. The van der Waals surface area contributed by atoms with E-state index >= 15 is 0 Å². The maximum Gasteiger partial charge on any atom is 0.242 e. The van der Waals surface area contributed by atoms with Gasteiger partial charge in [0.2, 0.25) is 5.91 Å². The predicted molar refractivity (Wildman–Crippen MR) is 112 cm³/mol. The number of fused-ring (bicyclic) bond motifs is 1. The molecule has 3 aromatic rings. The predicted octanol–water partition coefficient (Wildman–Crippen LogP) is 2.83. The summed E-state index contributed by atoms with van der Waals surface area (Å²) in [4.78, 5) is 27.5. The lowest BCUT2D eigenvalue weighted by atomic mass is 10.0. The normalized spacial score (nSPS) is 18.9. The molecule has 1 aliphatic heterocycles. The van der Waals surface area contributed by atoms with Gasteiger partial charge in [-0.25, -0.2) is 9.97 Å². The van der Waals surface area contributed by atoms with Crippen LogP contribution in [-0.4, -0.2) is 53.0 Å². The van der Waals surface area contributed by atoms with Gasteiger partial charge < -0.3 is 10.2 Å². The van der Waals surface area contributed by atoms with Crippen molar-refractivity contribution < 1.29 is 4.79 Å². The van der Waals surface area contributed by atoms with E-state index in [0.29, 0.717) is 6.04 Å². The van der Waals surface area contributed by atoms with Crippen LogP contribution in [0.3, 0.4) is 0 Å². The van der Waals surface area contributed by atoms with Crippen molar-refractivity contribution in [1.82, 2.24) is 20.2 Å². The fraction of sp³-hybridized carbons (Fsp3) is 0.381. The van der Waals surface area contributed by atoms with Gasteiger partial charge in [-0.15, -0.1) is 11.3 Å². The minimum atomic E-state index is -0.226. The Bertz CT molecular complexity index is 963. The third kappa shape index (κ3) is 3.47. The average molecular weight is 394 g/mol. The standard InChI is InChI=1S/C21H23N5OS/c27-20(24-16-6-7-16)18(15-4-2-1-3-5-15)25-9-11-26(12-10-25)19-17-8-13-28-21(17)23-14-22-19/h1-5,8,13-14,16,18H,6-7,9-12H2,(H,24,27). The Labute approximate surface area is 168 Å². The summed E-state index contributed by atoms with van der Waals surface area (Å²) >= 11 is 1.64. The molecule has 1 N–H and O–H groups in total. The summed E-state index contributed by atoms with van der Waals surface area (Å²) in [5.41, 5.74) is 1.07. The van der Waals surface area contributed by atoms with Crippen molar-refractivity contribution in [3.8, 4) is 0 Å². The molecule has 0 bridgehead atoms. The average Bonchev–Trinajstić information content (AvgIpc) is 3.41. The van der Waals surface area contributed by atoms with E-state index in [-0.39, 0.29) is 11.9 Å². The molecule has 0 spiro atoms. The molecule has 2 aromatic heterocycles. The van der Waals surface area contributed by atoms with Crippen molar-refractivity contribution >= 4 is 33.3 Å². The molecule has 1 saturated carbocycles. The van der Waals surface area contributed by atoms with Crippen LogP contribution in [0.15, 0.2) is 48.1 Å². The number of hydrogen-bond donors (Lipinski definition) is 1. The lowest BCUT2D eigenvalue weighted by Gasteiger charge is -2.39. The summed E-state index contributed by atoms with van der Waals surface area (Å²) in [6.07, 6.45) is 3.85. The minimum Gasteiger partial charge on any atom is -0.353 e. The molecule has 1 unspecified atom stereocenters. The molecule has 1 aromatic carbocycles. The third-order valence-corrected chi connectivity index (χ3v) is 6.33. The van der Waals surface area contributed by atoms with E-state index in [1.54, 1.807) is 17.7 Å². The highest BCUT2D eigenvalue weighted by Gasteiger charge is 2.34. The van der Waals surface area contributed by atoms with E-state index in [0.717, 1.165) is 60.6 Å². The highest BCUT2D eigenvalue weighted by atomic mass is 32.1. The maximum atomic E-state index is 13.0. The Morgan fingerprint density at radius 1 is 1.07 bits per heavy atom. The van der Waals surface area contributed by atoms with Crippen molar-refractivity contribution in [2.45, 2.75) is 24.9 Å². The molecule has 144 valence electrons. The van der Waals surface area contributed by atoms with Crippen LogP contribution in [0.1, 0.15) is 24.4 Å². The molecule has 1 atom stereocenters. The minimum absolute atomic E-state index is 0.129. The summed E-state index contributed by atoms with van der Waals surface area (Å²) in [7, 11) is 0. The number of benzene rings is 1.